The molecule has 1 aromatic heterocycles. The minimum atomic E-state index is -0.277. The van der Waals surface area contributed by atoms with Crippen LogP contribution in [0.5, 0.6) is 0 Å². The molecule has 0 saturated heterocycles. The Balaban J connectivity index is 2.19. The third-order valence-electron chi connectivity index (χ3n) is 2.14. The first-order valence-electron chi connectivity index (χ1n) is 5.10. The molecule has 4 heteroatoms. The van der Waals surface area contributed by atoms with Crippen LogP contribution in [0.25, 0.3) is 11.4 Å². The molecule has 2 aromatic rings. The number of aromatic nitrogens is 2. The summed E-state index contributed by atoms with van der Waals surface area (Å²) in [7, 11) is 0. The second-order valence-electron chi connectivity index (χ2n) is 3.35. The molecule has 0 spiro atoms. The van der Waals surface area contributed by atoms with Gasteiger partial charge in [-0.2, -0.15) is 0 Å². The fraction of sp³-hybridized carbons (Fsp3) is 0. The summed E-state index contributed by atoms with van der Waals surface area (Å²) >= 11 is 0. The van der Waals surface area contributed by atoms with Crippen LogP contribution < -0.4 is 5.32 Å². The second kappa shape index (κ2) is 5.03. The predicted molar refractivity (Wildman–Crippen MR) is 66.3 cm³/mol. The maximum atomic E-state index is 11.1. The Labute approximate surface area is 99.0 Å². The van der Waals surface area contributed by atoms with Gasteiger partial charge in [-0.25, -0.2) is 9.97 Å². The van der Waals surface area contributed by atoms with Gasteiger partial charge < -0.3 is 5.32 Å². The van der Waals surface area contributed by atoms with Crippen LogP contribution in [0, 0.1) is 0 Å². The van der Waals surface area contributed by atoms with Crippen molar-refractivity contribution in [2.75, 3.05) is 5.32 Å². The molecular weight excluding hydrogens is 214 g/mol. The number of carbonyl (C=O) groups is 1. The summed E-state index contributed by atoms with van der Waals surface area (Å²) in [6, 6.07) is 9.63. The first-order valence-corrected chi connectivity index (χ1v) is 5.10. The van der Waals surface area contributed by atoms with E-state index in [-0.39, 0.29) is 5.91 Å². The zero-order chi connectivity index (χ0) is 12.1. The van der Waals surface area contributed by atoms with Gasteiger partial charge in [-0.15, -0.1) is 0 Å². The molecule has 4 nitrogen and oxygen atoms in total. The molecule has 1 heterocycles. The topological polar surface area (TPSA) is 54.9 Å². The Hall–Kier alpha value is -2.49. The lowest BCUT2D eigenvalue weighted by Crippen LogP contribution is -2.07. The van der Waals surface area contributed by atoms with Crippen molar-refractivity contribution in [1.29, 1.82) is 0 Å². The average Bonchev–Trinajstić information content (AvgIpc) is 2.40. The molecule has 84 valence electrons. The number of hydrogen-bond acceptors (Lipinski definition) is 3. The fourth-order valence-corrected chi connectivity index (χ4v) is 1.32. The molecular formula is C13H11N3O. The summed E-state index contributed by atoms with van der Waals surface area (Å²) in [6.07, 6.45) is 4.33. The third kappa shape index (κ3) is 2.75. The lowest BCUT2D eigenvalue weighted by Gasteiger charge is -2.02. The van der Waals surface area contributed by atoms with Gasteiger partial charge in [0, 0.05) is 5.56 Å². The summed E-state index contributed by atoms with van der Waals surface area (Å²) < 4.78 is 0. The Morgan fingerprint density at radius 1 is 1.18 bits per heavy atom. The first-order chi connectivity index (χ1) is 8.29. The van der Waals surface area contributed by atoms with E-state index in [0.29, 0.717) is 11.5 Å². The Bertz CT molecular complexity index is 520. The quantitative estimate of drug-likeness (QED) is 0.815. The highest BCUT2D eigenvalue weighted by Gasteiger charge is 2.01. The molecule has 0 fully saturated rings. The molecule has 1 amide bonds. The van der Waals surface area contributed by atoms with E-state index in [0.717, 1.165) is 5.56 Å². The third-order valence-corrected chi connectivity index (χ3v) is 2.14. The number of nitrogens with zero attached hydrogens (tertiary/aromatic N) is 2. The SMILES string of the molecule is C=CC(=O)Nc1cnc(-c2ccccc2)nc1. The van der Waals surface area contributed by atoms with Gasteiger partial charge in [-0.1, -0.05) is 36.9 Å². The zero-order valence-electron chi connectivity index (χ0n) is 9.13. The fourth-order valence-electron chi connectivity index (χ4n) is 1.32. The number of benzene rings is 1. The van der Waals surface area contributed by atoms with Crippen LogP contribution in [0.15, 0.2) is 55.4 Å². The molecule has 0 saturated carbocycles. The van der Waals surface area contributed by atoms with E-state index < -0.39 is 0 Å². The van der Waals surface area contributed by atoms with Crippen molar-refractivity contribution in [3.63, 3.8) is 0 Å². The van der Waals surface area contributed by atoms with Crippen molar-refractivity contribution < 1.29 is 4.79 Å². The number of amides is 1. The van der Waals surface area contributed by atoms with Crippen molar-refractivity contribution in [2.45, 2.75) is 0 Å². The number of anilines is 1. The summed E-state index contributed by atoms with van der Waals surface area (Å²) in [5, 5.41) is 2.59. The lowest BCUT2D eigenvalue weighted by molar-refractivity contribution is -0.111. The second-order valence-corrected chi connectivity index (χ2v) is 3.35. The molecule has 0 aliphatic heterocycles. The van der Waals surface area contributed by atoms with Gasteiger partial charge in [0.2, 0.25) is 5.91 Å². The molecule has 0 unspecified atom stereocenters. The van der Waals surface area contributed by atoms with Crippen molar-refractivity contribution in [2.24, 2.45) is 0 Å². The summed E-state index contributed by atoms with van der Waals surface area (Å²) in [6.45, 7) is 3.37. The highest BCUT2D eigenvalue weighted by atomic mass is 16.1. The van der Waals surface area contributed by atoms with E-state index in [1.165, 1.54) is 6.08 Å². The van der Waals surface area contributed by atoms with Gasteiger partial charge in [0.15, 0.2) is 5.82 Å². The van der Waals surface area contributed by atoms with Crippen molar-refractivity contribution in [1.82, 2.24) is 9.97 Å². The van der Waals surface area contributed by atoms with Crippen LogP contribution in [0.3, 0.4) is 0 Å². The van der Waals surface area contributed by atoms with Crippen LogP contribution in [-0.2, 0) is 4.79 Å². The molecule has 2 rings (SSSR count). The lowest BCUT2D eigenvalue weighted by atomic mass is 10.2. The standard InChI is InChI=1S/C13H11N3O/c1-2-12(17)16-11-8-14-13(15-9-11)10-6-4-3-5-7-10/h2-9H,1H2,(H,16,17). The van der Waals surface area contributed by atoms with Gasteiger partial charge in [0.05, 0.1) is 18.1 Å². The molecule has 0 radical (unpaired) electrons. The largest absolute Gasteiger partial charge is 0.320 e. The highest BCUT2D eigenvalue weighted by molar-refractivity contribution is 5.98. The van der Waals surface area contributed by atoms with Gasteiger partial charge in [0.25, 0.3) is 0 Å². The van der Waals surface area contributed by atoms with Crippen molar-refractivity contribution >= 4 is 11.6 Å². The van der Waals surface area contributed by atoms with E-state index in [9.17, 15) is 4.79 Å². The normalized spacial score (nSPS) is 9.65. The average molecular weight is 225 g/mol. The maximum absolute atomic E-state index is 11.1. The van der Waals surface area contributed by atoms with Crippen LogP contribution in [0.2, 0.25) is 0 Å². The molecule has 0 aliphatic rings. The predicted octanol–water partition coefficient (Wildman–Crippen LogP) is 2.27. The smallest absolute Gasteiger partial charge is 0.247 e. The van der Waals surface area contributed by atoms with Crippen LogP contribution >= 0.6 is 0 Å². The molecule has 0 atom stereocenters. The van der Waals surface area contributed by atoms with Crippen LogP contribution in [-0.4, -0.2) is 15.9 Å². The van der Waals surface area contributed by atoms with Gasteiger partial charge in [-0.05, 0) is 6.08 Å². The number of rotatable bonds is 3. The van der Waals surface area contributed by atoms with Crippen LogP contribution in [0.4, 0.5) is 5.69 Å². The van der Waals surface area contributed by atoms with Gasteiger partial charge in [-0.3, -0.25) is 4.79 Å². The number of hydrogen-bond donors (Lipinski definition) is 1. The highest BCUT2D eigenvalue weighted by Crippen LogP contribution is 2.14. The van der Waals surface area contributed by atoms with E-state index >= 15 is 0 Å². The Morgan fingerprint density at radius 2 is 1.82 bits per heavy atom. The Morgan fingerprint density at radius 3 is 2.41 bits per heavy atom. The molecule has 17 heavy (non-hydrogen) atoms. The van der Waals surface area contributed by atoms with E-state index in [4.69, 9.17) is 0 Å². The summed E-state index contributed by atoms with van der Waals surface area (Å²) in [4.78, 5) is 19.4. The summed E-state index contributed by atoms with van der Waals surface area (Å²) in [5.41, 5.74) is 1.49. The zero-order valence-corrected chi connectivity index (χ0v) is 9.13. The van der Waals surface area contributed by atoms with Crippen molar-refractivity contribution in [3.05, 3.63) is 55.4 Å². The monoisotopic (exact) mass is 225 g/mol. The van der Waals surface area contributed by atoms with Gasteiger partial charge >= 0.3 is 0 Å². The van der Waals surface area contributed by atoms with E-state index in [1.54, 1.807) is 12.4 Å². The van der Waals surface area contributed by atoms with Crippen LogP contribution in [0.1, 0.15) is 0 Å². The molecule has 0 bridgehead atoms. The van der Waals surface area contributed by atoms with Gasteiger partial charge in [0.1, 0.15) is 0 Å². The molecule has 1 aromatic carbocycles. The first kappa shape index (κ1) is 11.0. The maximum Gasteiger partial charge on any atom is 0.247 e. The van der Waals surface area contributed by atoms with E-state index in [1.807, 2.05) is 30.3 Å². The Kier molecular flexibility index (Phi) is 3.25. The molecule has 0 aliphatic carbocycles. The number of carbonyl (C=O) groups excluding carboxylic acids is 1. The number of nitrogens with one attached hydrogen (secondary N) is 1. The van der Waals surface area contributed by atoms with Crippen molar-refractivity contribution in [3.8, 4) is 11.4 Å². The molecule has 1 N–H and O–H groups in total. The summed E-state index contributed by atoms with van der Waals surface area (Å²) in [5.74, 6) is 0.350. The van der Waals surface area contributed by atoms with E-state index in [2.05, 4.69) is 21.9 Å². The minimum absolute atomic E-state index is 0.277. The minimum Gasteiger partial charge on any atom is -0.320 e.